The first-order valence-electron chi connectivity index (χ1n) is 3.35. The lowest BCUT2D eigenvalue weighted by atomic mass is 10.3. The zero-order valence-electron chi connectivity index (χ0n) is 6.84. The summed E-state index contributed by atoms with van der Waals surface area (Å²) in [4.78, 5) is 0. The number of nitrogens with two attached hydrogens (primary N) is 1. The Balaban J connectivity index is 0.00000169. The predicted octanol–water partition coefficient (Wildman–Crippen LogP) is 2.76. The lowest BCUT2D eigenvalue weighted by molar-refractivity contribution is -0.0503. The van der Waals surface area contributed by atoms with Gasteiger partial charge in [-0.2, -0.15) is 8.78 Å². The summed E-state index contributed by atoms with van der Waals surface area (Å²) >= 11 is 3.07. The highest BCUT2D eigenvalue weighted by Crippen LogP contribution is 2.32. The highest BCUT2D eigenvalue weighted by Gasteiger charge is 2.10. The number of alkyl halides is 2. The molecule has 0 heterocycles. The van der Waals surface area contributed by atoms with Gasteiger partial charge in [0.05, 0.1) is 10.2 Å². The molecule has 3 nitrogen and oxygen atoms in total. The van der Waals surface area contributed by atoms with Gasteiger partial charge in [0.15, 0.2) is 0 Å². The first-order chi connectivity index (χ1) is 6.15. The molecule has 1 aromatic rings. The highest BCUT2D eigenvalue weighted by atomic mass is 79.9. The zero-order chi connectivity index (χ0) is 9.84. The van der Waals surface area contributed by atoms with E-state index in [1.807, 2.05) is 0 Å². The Morgan fingerprint density at radius 1 is 1.43 bits per heavy atom. The van der Waals surface area contributed by atoms with Gasteiger partial charge >= 0.3 is 6.61 Å². The molecule has 0 aliphatic carbocycles. The van der Waals surface area contributed by atoms with E-state index in [0.717, 1.165) is 0 Å². The molecule has 1 aromatic carbocycles. The zero-order valence-corrected chi connectivity index (χ0v) is 9.24. The Morgan fingerprint density at radius 2 is 2.07 bits per heavy atom. The molecule has 0 aliphatic heterocycles. The standard InChI is InChI=1S/C7H7BrF2N2O.ClH/c8-6-4(12-11)2-1-3-5(6)13-7(9)10;/h1-3,7,12H,11H2;1H. The van der Waals surface area contributed by atoms with E-state index < -0.39 is 6.61 Å². The topological polar surface area (TPSA) is 47.3 Å². The minimum Gasteiger partial charge on any atom is -0.434 e. The lowest BCUT2D eigenvalue weighted by Gasteiger charge is -2.09. The van der Waals surface area contributed by atoms with Crippen LogP contribution in [-0.2, 0) is 0 Å². The number of hydrogen-bond acceptors (Lipinski definition) is 3. The van der Waals surface area contributed by atoms with E-state index >= 15 is 0 Å². The second kappa shape index (κ2) is 6.00. The molecule has 0 spiro atoms. The van der Waals surface area contributed by atoms with E-state index in [1.165, 1.54) is 6.07 Å². The van der Waals surface area contributed by atoms with Crippen LogP contribution in [0.4, 0.5) is 14.5 Å². The van der Waals surface area contributed by atoms with Crippen LogP contribution in [0.15, 0.2) is 22.7 Å². The molecule has 0 aliphatic rings. The molecule has 0 fully saturated rings. The normalized spacial score (nSPS) is 9.50. The van der Waals surface area contributed by atoms with Crippen molar-refractivity contribution in [2.75, 3.05) is 5.43 Å². The van der Waals surface area contributed by atoms with Crippen LogP contribution in [0.25, 0.3) is 0 Å². The maximum atomic E-state index is 11.8. The molecule has 14 heavy (non-hydrogen) atoms. The largest absolute Gasteiger partial charge is 0.434 e. The van der Waals surface area contributed by atoms with Gasteiger partial charge in [0, 0.05) is 0 Å². The van der Waals surface area contributed by atoms with E-state index in [-0.39, 0.29) is 18.2 Å². The lowest BCUT2D eigenvalue weighted by Crippen LogP contribution is -2.09. The van der Waals surface area contributed by atoms with Crippen LogP contribution in [0.5, 0.6) is 5.75 Å². The van der Waals surface area contributed by atoms with E-state index in [0.29, 0.717) is 10.2 Å². The van der Waals surface area contributed by atoms with E-state index in [1.54, 1.807) is 12.1 Å². The third kappa shape index (κ3) is 3.28. The molecular formula is C7H8BrClF2N2O. The molecule has 0 atom stereocenters. The number of anilines is 1. The van der Waals surface area contributed by atoms with Gasteiger partial charge in [-0.3, -0.25) is 5.84 Å². The molecule has 0 saturated carbocycles. The second-order valence-corrected chi connectivity index (χ2v) is 2.93. The van der Waals surface area contributed by atoms with Crippen LogP contribution in [-0.4, -0.2) is 6.61 Å². The summed E-state index contributed by atoms with van der Waals surface area (Å²) in [7, 11) is 0. The van der Waals surface area contributed by atoms with Crippen molar-refractivity contribution in [2.45, 2.75) is 6.61 Å². The van der Waals surface area contributed by atoms with Gasteiger partial charge in [-0.25, -0.2) is 0 Å². The first kappa shape index (κ1) is 13.4. The quantitative estimate of drug-likeness (QED) is 0.664. The van der Waals surface area contributed by atoms with Crippen molar-refractivity contribution in [3.8, 4) is 5.75 Å². The van der Waals surface area contributed by atoms with Crippen LogP contribution in [0.3, 0.4) is 0 Å². The number of benzene rings is 1. The average Bonchev–Trinajstić information content (AvgIpc) is 2.08. The molecule has 0 aromatic heterocycles. The summed E-state index contributed by atoms with van der Waals surface area (Å²) in [5, 5.41) is 0. The molecule has 0 saturated heterocycles. The predicted molar refractivity (Wildman–Crippen MR) is 55.8 cm³/mol. The van der Waals surface area contributed by atoms with Crippen molar-refractivity contribution in [3.63, 3.8) is 0 Å². The minimum absolute atomic E-state index is 0. The van der Waals surface area contributed by atoms with E-state index in [9.17, 15) is 8.78 Å². The van der Waals surface area contributed by atoms with Crippen LogP contribution in [0.2, 0.25) is 0 Å². The monoisotopic (exact) mass is 288 g/mol. The number of nitrogen functional groups attached to an aromatic ring is 1. The Bertz CT molecular complexity index is 301. The molecular weight excluding hydrogens is 281 g/mol. The average molecular weight is 290 g/mol. The fraction of sp³-hybridized carbons (Fsp3) is 0.143. The van der Waals surface area contributed by atoms with Crippen LogP contribution < -0.4 is 16.0 Å². The van der Waals surface area contributed by atoms with Gasteiger partial charge in [0.2, 0.25) is 0 Å². The summed E-state index contributed by atoms with van der Waals surface area (Å²) in [5.74, 6) is 5.17. The summed E-state index contributed by atoms with van der Waals surface area (Å²) in [6.07, 6.45) is 0. The van der Waals surface area contributed by atoms with Gasteiger partial charge in [0.1, 0.15) is 5.75 Å². The van der Waals surface area contributed by atoms with Gasteiger partial charge in [0.25, 0.3) is 0 Å². The fourth-order valence-electron chi connectivity index (χ4n) is 0.809. The molecule has 1 rings (SSSR count). The second-order valence-electron chi connectivity index (χ2n) is 2.14. The number of halogens is 4. The molecule has 0 radical (unpaired) electrons. The maximum Gasteiger partial charge on any atom is 0.387 e. The van der Waals surface area contributed by atoms with Gasteiger partial charge in [-0.05, 0) is 28.1 Å². The SMILES string of the molecule is Cl.NNc1cccc(OC(F)F)c1Br. The smallest absolute Gasteiger partial charge is 0.387 e. The van der Waals surface area contributed by atoms with Crippen molar-refractivity contribution in [3.05, 3.63) is 22.7 Å². The molecule has 80 valence electrons. The van der Waals surface area contributed by atoms with Crippen LogP contribution in [0, 0.1) is 0 Å². The third-order valence-corrected chi connectivity index (χ3v) is 2.15. The van der Waals surface area contributed by atoms with Gasteiger partial charge in [-0.1, -0.05) is 6.07 Å². The molecule has 7 heteroatoms. The minimum atomic E-state index is -2.84. The van der Waals surface area contributed by atoms with Crippen molar-refractivity contribution < 1.29 is 13.5 Å². The van der Waals surface area contributed by atoms with Crippen molar-refractivity contribution >= 4 is 34.0 Å². The molecule has 0 unspecified atom stereocenters. The van der Waals surface area contributed by atoms with Crippen molar-refractivity contribution in [1.29, 1.82) is 0 Å². The maximum absolute atomic E-state index is 11.8. The summed E-state index contributed by atoms with van der Waals surface area (Å²) < 4.78 is 28.3. The third-order valence-electron chi connectivity index (χ3n) is 1.33. The van der Waals surface area contributed by atoms with E-state index in [2.05, 4.69) is 26.1 Å². The van der Waals surface area contributed by atoms with Crippen LogP contribution >= 0.6 is 28.3 Å². The number of hydrazine groups is 1. The Labute approximate surface area is 94.1 Å². The Kier molecular flexibility index (Phi) is 5.75. The first-order valence-corrected chi connectivity index (χ1v) is 4.14. The summed E-state index contributed by atoms with van der Waals surface area (Å²) in [6, 6.07) is 4.59. The summed E-state index contributed by atoms with van der Waals surface area (Å²) in [6.45, 7) is -2.84. The fourth-order valence-corrected chi connectivity index (χ4v) is 1.28. The van der Waals surface area contributed by atoms with E-state index in [4.69, 9.17) is 5.84 Å². The number of ether oxygens (including phenoxy) is 1. The molecule has 3 N–H and O–H groups in total. The Hall–Kier alpha value is -0.590. The summed E-state index contributed by atoms with van der Waals surface area (Å²) in [5.41, 5.74) is 2.82. The molecule has 0 amide bonds. The van der Waals surface area contributed by atoms with Gasteiger partial charge < -0.3 is 10.2 Å². The number of rotatable bonds is 3. The Morgan fingerprint density at radius 3 is 2.57 bits per heavy atom. The van der Waals surface area contributed by atoms with Crippen molar-refractivity contribution in [2.24, 2.45) is 5.84 Å². The van der Waals surface area contributed by atoms with Crippen LogP contribution in [0.1, 0.15) is 0 Å². The molecule has 0 bridgehead atoms. The van der Waals surface area contributed by atoms with Crippen molar-refractivity contribution in [1.82, 2.24) is 0 Å². The van der Waals surface area contributed by atoms with Gasteiger partial charge in [-0.15, -0.1) is 12.4 Å². The highest BCUT2D eigenvalue weighted by molar-refractivity contribution is 9.10. The number of nitrogens with one attached hydrogen (secondary N) is 1. The number of hydrogen-bond donors (Lipinski definition) is 2.